The van der Waals surface area contributed by atoms with Gasteiger partial charge in [-0.3, -0.25) is 0 Å². The number of hydrogen-bond donors (Lipinski definition) is 1. The molecule has 1 N–H and O–H groups in total. The number of halogens is 1. The molecule has 5 nitrogen and oxygen atoms in total. The minimum absolute atomic E-state index is 0.170. The molecule has 0 aliphatic rings. The second-order valence-electron chi connectivity index (χ2n) is 4.55. The van der Waals surface area contributed by atoms with E-state index < -0.39 is 0 Å². The van der Waals surface area contributed by atoms with E-state index in [1.165, 1.54) is 0 Å². The van der Waals surface area contributed by atoms with Crippen LogP contribution in [0.5, 0.6) is 0 Å². The van der Waals surface area contributed by atoms with Crippen LogP contribution in [0.4, 0.5) is 0 Å². The number of methoxy groups -OCH3 is 1. The molecule has 0 saturated heterocycles. The molecule has 0 spiro atoms. The topological polar surface area (TPSA) is 60.2 Å². The van der Waals surface area contributed by atoms with Crippen molar-refractivity contribution in [2.75, 3.05) is 20.8 Å². The van der Waals surface area contributed by atoms with E-state index in [-0.39, 0.29) is 6.04 Å². The Morgan fingerprint density at radius 2 is 2.10 bits per heavy atom. The second kappa shape index (κ2) is 7.38. The van der Waals surface area contributed by atoms with Crippen LogP contribution in [0.1, 0.15) is 17.3 Å². The number of likely N-dealkylation sites (N-methyl/N-ethyl adjacent to an activating group) is 1. The third kappa shape index (κ3) is 4.30. The molecule has 0 bridgehead atoms. The second-order valence-corrected chi connectivity index (χ2v) is 4.99. The van der Waals surface area contributed by atoms with Gasteiger partial charge in [0.05, 0.1) is 6.61 Å². The van der Waals surface area contributed by atoms with Crippen molar-refractivity contribution in [3.8, 4) is 0 Å². The number of benzene rings is 1. The Kier molecular flexibility index (Phi) is 5.52. The number of nitrogens with one attached hydrogen (secondary N) is 1. The van der Waals surface area contributed by atoms with Crippen molar-refractivity contribution < 1.29 is 9.26 Å². The van der Waals surface area contributed by atoms with E-state index in [9.17, 15) is 0 Å². The highest BCUT2D eigenvalue weighted by Crippen LogP contribution is 2.12. The molecule has 20 heavy (non-hydrogen) atoms. The van der Waals surface area contributed by atoms with Crippen molar-refractivity contribution in [1.29, 1.82) is 0 Å². The van der Waals surface area contributed by atoms with Crippen molar-refractivity contribution in [3.63, 3.8) is 0 Å². The van der Waals surface area contributed by atoms with E-state index in [2.05, 4.69) is 15.5 Å². The SMILES string of the molecule is CNC(COC)Cc1nc(Cc2ccc(Cl)cc2)no1. The Balaban J connectivity index is 1.96. The summed E-state index contributed by atoms with van der Waals surface area (Å²) in [5.74, 6) is 1.29. The van der Waals surface area contributed by atoms with Crippen LogP contribution in [0.15, 0.2) is 28.8 Å². The number of hydrogen-bond acceptors (Lipinski definition) is 5. The molecule has 6 heteroatoms. The predicted molar refractivity (Wildman–Crippen MR) is 77.0 cm³/mol. The van der Waals surface area contributed by atoms with Gasteiger partial charge in [0.1, 0.15) is 0 Å². The highest BCUT2D eigenvalue weighted by atomic mass is 35.5. The molecular weight excluding hydrogens is 278 g/mol. The zero-order valence-corrected chi connectivity index (χ0v) is 12.4. The summed E-state index contributed by atoms with van der Waals surface area (Å²) in [7, 11) is 3.55. The molecular formula is C14H18ClN3O2. The minimum Gasteiger partial charge on any atom is -0.383 e. The van der Waals surface area contributed by atoms with Crippen molar-refractivity contribution in [3.05, 3.63) is 46.6 Å². The molecule has 1 heterocycles. The highest BCUT2D eigenvalue weighted by Gasteiger charge is 2.13. The summed E-state index contributed by atoms with van der Waals surface area (Å²) in [6, 6.07) is 7.80. The first kappa shape index (κ1) is 15.0. The Morgan fingerprint density at radius 1 is 1.35 bits per heavy atom. The molecule has 1 aromatic carbocycles. The lowest BCUT2D eigenvalue weighted by Gasteiger charge is -2.11. The molecule has 108 valence electrons. The molecule has 1 unspecified atom stereocenters. The molecule has 0 saturated carbocycles. The van der Waals surface area contributed by atoms with E-state index in [0.29, 0.717) is 31.2 Å². The van der Waals surface area contributed by atoms with E-state index in [4.69, 9.17) is 20.9 Å². The molecule has 1 atom stereocenters. The van der Waals surface area contributed by atoms with Crippen molar-refractivity contribution in [2.45, 2.75) is 18.9 Å². The van der Waals surface area contributed by atoms with Gasteiger partial charge in [0.15, 0.2) is 5.82 Å². The summed E-state index contributed by atoms with van der Waals surface area (Å²) in [4.78, 5) is 4.39. The van der Waals surface area contributed by atoms with Gasteiger partial charge in [-0.25, -0.2) is 0 Å². The van der Waals surface area contributed by atoms with Crippen LogP contribution in [0.25, 0.3) is 0 Å². The maximum atomic E-state index is 5.85. The van der Waals surface area contributed by atoms with Crippen LogP contribution in [0, 0.1) is 0 Å². The Bertz CT molecular complexity index is 527. The van der Waals surface area contributed by atoms with Crippen LogP contribution in [-0.4, -0.2) is 36.9 Å². The van der Waals surface area contributed by atoms with Crippen LogP contribution in [-0.2, 0) is 17.6 Å². The van der Waals surface area contributed by atoms with Gasteiger partial charge in [0, 0.05) is 31.0 Å². The van der Waals surface area contributed by atoms with Gasteiger partial charge in [-0.2, -0.15) is 4.98 Å². The van der Waals surface area contributed by atoms with Crippen LogP contribution in [0.2, 0.25) is 5.02 Å². The molecule has 2 aromatic rings. The van der Waals surface area contributed by atoms with Crippen LogP contribution in [0.3, 0.4) is 0 Å². The summed E-state index contributed by atoms with van der Waals surface area (Å²) in [6.45, 7) is 0.603. The van der Waals surface area contributed by atoms with E-state index >= 15 is 0 Å². The average Bonchev–Trinajstić information content (AvgIpc) is 2.88. The third-order valence-electron chi connectivity index (χ3n) is 2.98. The summed E-state index contributed by atoms with van der Waals surface area (Å²) in [6.07, 6.45) is 1.28. The predicted octanol–water partition coefficient (Wildman–Crippen LogP) is 2.09. The largest absolute Gasteiger partial charge is 0.383 e. The van der Waals surface area contributed by atoms with Gasteiger partial charge < -0.3 is 14.6 Å². The lowest BCUT2D eigenvalue weighted by molar-refractivity contribution is 0.165. The smallest absolute Gasteiger partial charge is 0.228 e. The average molecular weight is 296 g/mol. The fourth-order valence-electron chi connectivity index (χ4n) is 1.89. The van der Waals surface area contributed by atoms with Gasteiger partial charge >= 0.3 is 0 Å². The molecule has 0 aliphatic heterocycles. The normalized spacial score (nSPS) is 12.6. The number of aromatic nitrogens is 2. The first-order valence-corrected chi connectivity index (χ1v) is 6.81. The Labute approximate surface area is 123 Å². The monoisotopic (exact) mass is 295 g/mol. The molecule has 0 fully saturated rings. The zero-order valence-electron chi connectivity index (χ0n) is 11.6. The van der Waals surface area contributed by atoms with Crippen molar-refractivity contribution >= 4 is 11.6 Å². The van der Waals surface area contributed by atoms with E-state index in [1.54, 1.807) is 7.11 Å². The van der Waals surface area contributed by atoms with E-state index in [0.717, 1.165) is 10.6 Å². The highest BCUT2D eigenvalue weighted by molar-refractivity contribution is 6.30. The van der Waals surface area contributed by atoms with Crippen LogP contribution >= 0.6 is 11.6 Å². The molecule has 0 aliphatic carbocycles. The van der Waals surface area contributed by atoms with E-state index in [1.807, 2.05) is 31.3 Å². The summed E-state index contributed by atoms with van der Waals surface area (Å²) in [5.41, 5.74) is 1.10. The Hall–Kier alpha value is -1.43. The summed E-state index contributed by atoms with van der Waals surface area (Å²) in [5, 5.41) is 7.86. The third-order valence-corrected chi connectivity index (χ3v) is 3.23. The van der Waals surface area contributed by atoms with Crippen LogP contribution < -0.4 is 5.32 Å². The lowest BCUT2D eigenvalue weighted by atomic mass is 10.1. The molecule has 0 radical (unpaired) electrons. The molecule has 1 aromatic heterocycles. The van der Waals surface area contributed by atoms with Gasteiger partial charge in [-0.1, -0.05) is 28.9 Å². The van der Waals surface area contributed by atoms with Crippen molar-refractivity contribution in [1.82, 2.24) is 15.5 Å². The quantitative estimate of drug-likeness (QED) is 0.847. The Morgan fingerprint density at radius 3 is 2.75 bits per heavy atom. The number of rotatable bonds is 7. The maximum Gasteiger partial charge on any atom is 0.228 e. The fourth-order valence-corrected chi connectivity index (χ4v) is 2.01. The number of nitrogens with zero attached hydrogens (tertiary/aromatic N) is 2. The molecule has 2 rings (SSSR count). The zero-order chi connectivity index (χ0) is 14.4. The summed E-state index contributed by atoms with van der Waals surface area (Å²) >= 11 is 5.85. The van der Waals surface area contributed by atoms with Gasteiger partial charge in [0.2, 0.25) is 5.89 Å². The fraction of sp³-hybridized carbons (Fsp3) is 0.429. The lowest BCUT2D eigenvalue weighted by Crippen LogP contribution is -2.32. The first-order chi connectivity index (χ1) is 9.71. The van der Waals surface area contributed by atoms with Gasteiger partial charge in [0.25, 0.3) is 0 Å². The van der Waals surface area contributed by atoms with Gasteiger partial charge in [-0.15, -0.1) is 0 Å². The first-order valence-electron chi connectivity index (χ1n) is 6.43. The minimum atomic E-state index is 0.170. The number of ether oxygens (including phenoxy) is 1. The maximum absolute atomic E-state index is 5.85. The molecule has 0 amide bonds. The summed E-state index contributed by atoms with van der Waals surface area (Å²) < 4.78 is 10.4. The van der Waals surface area contributed by atoms with Gasteiger partial charge in [-0.05, 0) is 24.7 Å². The van der Waals surface area contributed by atoms with Crippen molar-refractivity contribution in [2.24, 2.45) is 0 Å². The standard InChI is InChI=1S/C14H18ClN3O2/c1-16-12(9-19-2)8-14-17-13(18-20-14)7-10-3-5-11(15)6-4-10/h3-6,12,16H,7-9H2,1-2H3.